The van der Waals surface area contributed by atoms with Crippen LogP contribution in [0.25, 0.3) is 0 Å². The average Bonchev–Trinajstić information content (AvgIpc) is 3.40. The molecule has 1 saturated heterocycles. The van der Waals surface area contributed by atoms with E-state index in [1.54, 1.807) is 11.8 Å². The van der Waals surface area contributed by atoms with Gasteiger partial charge in [0.1, 0.15) is 5.37 Å². The summed E-state index contributed by atoms with van der Waals surface area (Å²) in [5, 5.41) is 2.92. The van der Waals surface area contributed by atoms with Crippen LogP contribution in [-0.4, -0.2) is 17.6 Å². The number of aryl methyl sites for hydroxylation is 2. The van der Waals surface area contributed by atoms with Crippen molar-refractivity contribution < 1.29 is 9.59 Å². The van der Waals surface area contributed by atoms with E-state index in [4.69, 9.17) is 0 Å². The minimum absolute atomic E-state index is 0.0378. The molecule has 0 saturated carbocycles. The third-order valence-corrected chi connectivity index (χ3v) is 7.13. The number of carbonyl (C=O) groups is 2. The number of thioether (sulfide) groups is 1. The van der Waals surface area contributed by atoms with Crippen LogP contribution in [0.2, 0.25) is 0 Å². The van der Waals surface area contributed by atoms with Gasteiger partial charge in [-0.25, -0.2) is 0 Å². The molecule has 0 spiro atoms. The zero-order valence-electron chi connectivity index (χ0n) is 17.2. The smallest absolute Gasteiger partial charge is 0.238 e. The van der Waals surface area contributed by atoms with Crippen molar-refractivity contribution in [2.45, 2.75) is 31.1 Å². The van der Waals surface area contributed by atoms with Crippen molar-refractivity contribution in [1.29, 1.82) is 0 Å². The van der Waals surface area contributed by atoms with Crippen LogP contribution >= 0.6 is 11.8 Å². The van der Waals surface area contributed by atoms with Crippen molar-refractivity contribution in [2.24, 2.45) is 0 Å². The number of carbonyl (C=O) groups excluding carboxylic acids is 2. The highest BCUT2D eigenvalue weighted by Crippen LogP contribution is 2.42. The quantitative estimate of drug-likeness (QED) is 0.613. The number of hydrogen-bond acceptors (Lipinski definition) is 3. The Morgan fingerprint density at radius 1 is 0.968 bits per heavy atom. The standard InChI is InChI=1S/C26H24N2O2S/c29-24(15-18-5-2-1-3-6-18)27-22-12-9-20(10-13-22)26-28(25(30)17-31-26)23-14-11-19-7-4-8-21(19)16-23/h1-3,5-6,9-14,16,26H,4,7-8,15,17H2,(H,27,29)/t26-/m0/s1. The number of anilines is 2. The zero-order chi connectivity index (χ0) is 21.2. The lowest BCUT2D eigenvalue weighted by atomic mass is 10.1. The molecular weight excluding hydrogens is 404 g/mol. The third kappa shape index (κ3) is 4.23. The SMILES string of the molecule is O=C(Cc1ccccc1)Nc1ccc([C@@H]2SCC(=O)N2c2ccc3c(c2)CCC3)cc1. The summed E-state index contributed by atoms with van der Waals surface area (Å²) in [5.74, 6) is 0.592. The van der Waals surface area contributed by atoms with E-state index in [0.717, 1.165) is 35.3 Å². The van der Waals surface area contributed by atoms with E-state index in [0.29, 0.717) is 12.2 Å². The van der Waals surface area contributed by atoms with Gasteiger partial charge in [-0.1, -0.05) is 48.5 Å². The summed E-state index contributed by atoms with van der Waals surface area (Å²) in [6.45, 7) is 0. The summed E-state index contributed by atoms with van der Waals surface area (Å²) >= 11 is 1.65. The first-order chi connectivity index (χ1) is 15.2. The molecule has 0 radical (unpaired) electrons. The van der Waals surface area contributed by atoms with Crippen LogP contribution in [0.3, 0.4) is 0 Å². The van der Waals surface area contributed by atoms with E-state index in [1.165, 1.54) is 17.5 Å². The van der Waals surface area contributed by atoms with Crippen LogP contribution < -0.4 is 10.2 Å². The van der Waals surface area contributed by atoms with E-state index in [2.05, 4.69) is 23.5 Å². The lowest BCUT2D eigenvalue weighted by molar-refractivity contribution is -0.116. The molecule has 2 amide bonds. The van der Waals surface area contributed by atoms with Crippen LogP contribution in [0.1, 0.15) is 34.0 Å². The van der Waals surface area contributed by atoms with Gasteiger partial charge in [-0.05, 0) is 65.8 Å². The second-order valence-electron chi connectivity index (χ2n) is 8.07. The molecule has 5 rings (SSSR count). The fourth-order valence-electron chi connectivity index (χ4n) is 4.38. The molecule has 0 unspecified atom stereocenters. The Hall–Kier alpha value is -3.05. The van der Waals surface area contributed by atoms with Crippen molar-refractivity contribution in [1.82, 2.24) is 0 Å². The number of hydrogen-bond donors (Lipinski definition) is 1. The van der Waals surface area contributed by atoms with Gasteiger partial charge in [0.25, 0.3) is 0 Å². The Kier molecular flexibility index (Phi) is 5.51. The fraction of sp³-hybridized carbons (Fsp3) is 0.231. The minimum atomic E-state index is -0.0407. The summed E-state index contributed by atoms with van der Waals surface area (Å²) in [4.78, 5) is 26.9. The van der Waals surface area contributed by atoms with Crippen LogP contribution in [-0.2, 0) is 28.9 Å². The summed E-state index contributed by atoms with van der Waals surface area (Å²) in [5.41, 5.74) is 6.59. The molecule has 0 bridgehead atoms. The van der Waals surface area contributed by atoms with Gasteiger partial charge in [-0.2, -0.15) is 0 Å². The first-order valence-corrected chi connectivity index (χ1v) is 11.7. The molecule has 3 aromatic rings. The highest BCUT2D eigenvalue weighted by atomic mass is 32.2. The second kappa shape index (κ2) is 8.60. The molecule has 1 aliphatic heterocycles. The van der Waals surface area contributed by atoms with Crippen LogP contribution in [0.4, 0.5) is 11.4 Å². The van der Waals surface area contributed by atoms with E-state index < -0.39 is 0 Å². The van der Waals surface area contributed by atoms with Gasteiger partial charge in [0.2, 0.25) is 11.8 Å². The summed E-state index contributed by atoms with van der Waals surface area (Å²) < 4.78 is 0. The topological polar surface area (TPSA) is 49.4 Å². The molecule has 31 heavy (non-hydrogen) atoms. The lowest BCUT2D eigenvalue weighted by Crippen LogP contribution is -2.27. The highest BCUT2D eigenvalue weighted by molar-refractivity contribution is 8.00. The molecule has 156 valence electrons. The fourth-order valence-corrected chi connectivity index (χ4v) is 5.55. The third-order valence-electron chi connectivity index (χ3n) is 5.92. The van der Waals surface area contributed by atoms with Crippen molar-refractivity contribution in [3.63, 3.8) is 0 Å². The number of benzene rings is 3. The van der Waals surface area contributed by atoms with Crippen LogP contribution in [0, 0.1) is 0 Å². The Labute approximate surface area is 186 Å². The largest absolute Gasteiger partial charge is 0.326 e. The maximum Gasteiger partial charge on any atom is 0.238 e. The summed E-state index contributed by atoms with van der Waals surface area (Å²) in [6.07, 6.45) is 3.78. The Bertz CT molecular complexity index is 1110. The number of fused-ring (bicyclic) bond motifs is 1. The van der Waals surface area contributed by atoms with E-state index >= 15 is 0 Å². The molecule has 1 heterocycles. The Morgan fingerprint density at radius 3 is 2.55 bits per heavy atom. The van der Waals surface area contributed by atoms with Gasteiger partial charge in [0.05, 0.1) is 12.2 Å². The van der Waals surface area contributed by atoms with Gasteiger partial charge in [-0.3, -0.25) is 14.5 Å². The highest BCUT2D eigenvalue weighted by Gasteiger charge is 2.34. The van der Waals surface area contributed by atoms with Crippen molar-refractivity contribution in [2.75, 3.05) is 16.0 Å². The van der Waals surface area contributed by atoms with E-state index in [1.807, 2.05) is 59.5 Å². The first-order valence-electron chi connectivity index (χ1n) is 10.7. The second-order valence-corrected chi connectivity index (χ2v) is 9.13. The maximum absolute atomic E-state index is 12.7. The van der Waals surface area contributed by atoms with Crippen LogP contribution in [0.5, 0.6) is 0 Å². The predicted octanol–water partition coefficient (Wildman–Crippen LogP) is 5.14. The number of nitrogens with one attached hydrogen (secondary N) is 1. The van der Waals surface area contributed by atoms with Crippen molar-refractivity contribution in [3.8, 4) is 0 Å². The molecule has 4 nitrogen and oxygen atoms in total. The molecule has 2 aliphatic rings. The number of rotatable bonds is 5. The van der Waals surface area contributed by atoms with Crippen molar-refractivity contribution in [3.05, 3.63) is 95.1 Å². The van der Waals surface area contributed by atoms with Crippen LogP contribution in [0.15, 0.2) is 72.8 Å². The minimum Gasteiger partial charge on any atom is -0.326 e. The Morgan fingerprint density at radius 2 is 1.74 bits per heavy atom. The normalized spacial score (nSPS) is 17.6. The predicted molar refractivity (Wildman–Crippen MR) is 126 cm³/mol. The monoisotopic (exact) mass is 428 g/mol. The Balaban J connectivity index is 1.30. The van der Waals surface area contributed by atoms with E-state index in [-0.39, 0.29) is 17.2 Å². The number of amides is 2. The molecule has 1 N–H and O–H groups in total. The van der Waals surface area contributed by atoms with Gasteiger partial charge in [0, 0.05) is 11.4 Å². The van der Waals surface area contributed by atoms with E-state index in [9.17, 15) is 9.59 Å². The molecule has 1 fully saturated rings. The molecule has 0 aromatic heterocycles. The van der Waals surface area contributed by atoms with Gasteiger partial charge in [-0.15, -0.1) is 11.8 Å². The summed E-state index contributed by atoms with van der Waals surface area (Å²) in [7, 11) is 0. The van der Waals surface area contributed by atoms with Gasteiger partial charge >= 0.3 is 0 Å². The lowest BCUT2D eigenvalue weighted by Gasteiger charge is -2.25. The summed E-state index contributed by atoms with van der Waals surface area (Å²) in [6, 6.07) is 24.0. The molecule has 1 atom stereocenters. The molecule has 3 aromatic carbocycles. The zero-order valence-corrected chi connectivity index (χ0v) is 18.0. The molecule has 1 aliphatic carbocycles. The first kappa shape index (κ1) is 19.9. The van der Waals surface area contributed by atoms with Crippen molar-refractivity contribution >= 4 is 35.0 Å². The maximum atomic E-state index is 12.7. The van der Waals surface area contributed by atoms with Gasteiger partial charge in [0.15, 0.2) is 0 Å². The average molecular weight is 429 g/mol. The number of nitrogens with zero attached hydrogens (tertiary/aromatic N) is 1. The molecule has 5 heteroatoms. The molecular formula is C26H24N2O2S. The van der Waals surface area contributed by atoms with Gasteiger partial charge < -0.3 is 5.32 Å².